The average molecular weight is 192 g/mol. The van der Waals surface area contributed by atoms with Gasteiger partial charge in [0.25, 0.3) is 0 Å². The summed E-state index contributed by atoms with van der Waals surface area (Å²) >= 11 is 0. The fraction of sp³-hybridized carbons (Fsp3) is 0.455. The van der Waals surface area contributed by atoms with Gasteiger partial charge in [0.05, 0.1) is 11.9 Å². The van der Waals surface area contributed by atoms with Crippen LogP contribution in [0.1, 0.15) is 26.3 Å². The van der Waals surface area contributed by atoms with E-state index in [0.717, 1.165) is 17.7 Å². The molecule has 0 bridgehead atoms. The van der Waals surface area contributed by atoms with Crippen LogP contribution >= 0.6 is 0 Å². The molecule has 0 atom stereocenters. The maximum absolute atomic E-state index is 11.4. The molecule has 0 fully saturated rings. The van der Waals surface area contributed by atoms with Crippen LogP contribution in [0.3, 0.4) is 0 Å². The van der Waals surface area contributed by atoms with Crippen LogP contribution in [0.4, 0.5) is 5.69 Å². The van der Waals surface area contributed by atoms with Gasteiger partial charge in [-0.25, -0.2) is 0 Å². The molecule has 0 saturated heterocycles. The van der Waals surface area contributed by atoms with E-state index in [9.17, 15) is 4.79 Å². The molecular formula is C11H16N2O. The quantitative estimate of drug-likeness (QED) is 0.798. The molecule has 1 heterocycles. The molecule has 3 nitrogen and oxygen atoms in total. The van der Waals surface area contributed by atoms with Gasteiger partial charge in [0, 0.05) is 12.1 Å². The van der Waals surface area contributed by atoms with Crippen molar-refractivity contribution in [2.24, 2.45) is 5.92 Å². The molecule has 0 unspecified atom stereocenters. The van der Waals surface area contributed by atoms with Crippen LogP contribution in [0.5, 0.6) is 0 Å². The lowest BCUT2D eigenvalue weighted by molar-refractivity contribution is -0.118. The van der Waals surface area contributed by atoms with Gasteiger partial charge in [0.1, 0.15) is 0 Å². The standard InChI is InChI=1S/C11H16N2O/c1-4-9-5-10(7-12-6-9)13-11(14)8(2)3/h5-8H,4H2,1-3H3,(H,13,14). The Morgan fingerprint density at radius 3 is 2.79 bits per heavy atom. The van der Waals surface area contributed by atoms with Gasteiger partial charge in [0.2, 0.25) is 5.91 Å². The van der Waals surface area contributed by atoms with Gasteiger partial charge in [-0.15, -0.1) is 0 Å². The minimum atomic E-state index is 0.000262. The molecule has 1 N–H and O–H groups in total. The van der Waals surface area contributed by atoms with Gasteiger partial charge < -0.3 is 5.32 Å². The molecule has 0 aromatic carbocycles. The number of carbonyl (C=O) groups is 1. The van der Waals surface area contributed by atoms with Crippen molar-refractivity contribution in [3.63, 3.8) is 0 Å². The first-order valence-corrected chi connectivity index (χ1v) is 4.88. The number of anilines is 1. The van der Waals surface area contributed by atoms with Crippen LogP contribution < -0.4 is 5.32 Å². The van der Waals surface area contributed by atoms with E-state index in [4.69, 9.17) is 0 Å². The lowest BCUT2D eigenvalue weighted by Gasteiger charge is -2.07. The largest absolute Gasteiger partial charge is 0.324 e. The molecule has 1 amide bonds. The maximum Gasteiger partial charge on any atom is 0.226 e. The monoisotopic (exact) mass is 192 g/mol. The second-order valence-corrected chi connectivity index (χ2v) is 3.58. The van der Waals surface area contributed by atoms with Crippen molar-refractivity contribution >= 4 is 11.6 Å². The topological polar surface area (TPSA) is 42.0 Å². The highest BCUT2D eigenvalue weighted by molar-refractivity contribution is 5.91. The summed E-state index contributed by atoms with van der Waals surface area (Å²) in [5.74, 6) is 0.0281. The molecular weight excluding hydrogens is 176 g/mol. The Labute approximate surface area is 84.6 Å². The van der Waals surface area contributed by atoms with E-state index in [1.165, 1.54) is 0 Å². The van der Waals surface area contributed by atoms with Crippen molar-refractivity contribution in [2.45, 2.75) is 27.2 Å². The number of aromatic nitrogens is 1. The predicted molar refractivity (Wildman–Crippen MR) is 57.1 cm³/mol. The minimum Gasteiger partial charge on any atom is -0.324 e. The number of rotatable bonds is 3. The van der Waals surface area contributed by atoms with Crippen molar-refractivity contribution in [1.29, 1.82) is 0 Å². The van der Waals surface area contributed by atoms with E-state index >= 15 is 0 Å². The smallest absolute Gasteiger partial charge is 0.226 e. The first-order chi connectivity index (χ1) is 6.63. The third-order valence-corrected chi connectivity index (χ3v) is 2.00. The van der Waals surface area contributed by atoms with E-state index in [2.05, 4.69) is 17.2 Å². The molecule has 0 aliphatic rings. The van der Waals surface area contributed by atoms with Gasteiger partial charge in [-0.3, -0.25) is 9.78 Å². The SMILES string of the molecule is CCc1cncc(NC(=O)C(C)C)c1. The molecule has 0 spiro atoms. The van der Waals surface area contributed by atoms with E-state index in [1.54, 1.807) is 6.20 Å². The number of carbonyl (C=O) groups excluding carboxylic acids is 1. The number of hydrogen-bond acceptors (Lipinski definition) is 2. The number of aryl methyl sites for hydroxylation is 1. The van der Waals surface area contributed by atoms with Crippen LogP contribution in [0.15, 0.2) is 18.5 Å². The van der Waals surface area contributed by atoms with Gasteiger partial charge in [-0.1, -0.05) is 20.8 Å². The fourth-order valence-electron chi connectivity index (χ4n) is 1.04. The number of nitrogens with one attached hydrogen (secondary N) is 1. The van der Waals surface area contributed by atoms with Gasteiger partial charge in [-0.2, -0.15) is 0 Å². The summed E-state index contributed by atoms with van der Waals surface area (Å²) in [5.41, 5.74) is 1.91. The van der Waals surface area contributed by atoms with Gasteiger partial charge >= 0.3 is 0 Å². The van der Waals surface area contributed by atoms with E-state index < -0.39 is 0 Å². The molecule has 1 aromatic heterocycles. The Balaban J connectivity index is 2.72. The number of amides is 1. The maximum atomic E-state index is 11.4. The molecule has 0 radical (unpaired) electrons. The van der Waals surface area contributed by atoms with Crippen molar-refractivity contribution in [3.05, 3.63) is 24.0 Å². The summed E-state index contributed by atoms with van der Waals surface area (Å²) in [6.45, 7) is 5.80. The molecule has 3 heteroatoms. The van der Waals surface area contributed by atoms with Crippen molar-refractivity contribution in [1.82, 2.24) is 4.98 Å². The Morgan fingerprint density at radius 1 is 1.50 bits per heavy atom. The Bertz CT molecular complexity index is 321. The first-order valence-electron chi connectivity index (χ1n) is 4.88. The Morgan fingerprint density at radius 2 is 2.21 bits per heavy atom. The minimum absolute atomic E-state index is 0.000262. The normalized spacial score (nSPS) is 10.3. The first kappa shape index (κ1) is 10.7. The summed E-state index contributed by atoms with van der Waals surface area (Å²) in [5, 5.41) is 2.81. The summed E-state index contributed by atoms with van der Waals surface area (Å²) in [7, 11) is 0. The summed E-state index contributed by atoms with van der Waals surface area (Å²) in [4.78, 5) is 15.4. The highest BCUT2D eigenvalue weighted by Crippen LogP contribution is 2.10. The number of nitrogens with zero attached hydrogens (tertiary/aromatic N) is 1. The predicted octanol–water partition coefficient (Wildman–Crippen LogP) is 2.24. The molecule has 0 aliphatic carbocycles. The van der Waals surface area contributed by atoms with E-state index in [-0.39, 0.29) is 11.8 Å². The highest BCUT2D eigenvalue weighted by atomic mass is 16.1. The number of hydrogen-bond donors (Lipinski definition) is 1. The van der Waals surface area contributed by atoms with Gasteiger partial charge in [-0.05, 0) is 18.1 Å². The highest BCUT2D eigenvalue weighted by Gasteiger charge is 2.06. The lowest BCUT2D eigenvalue weighted by Crippen LogP contribution is -2.17. The molecule has 14 heavy (non-hydrogen) atoms. The van der Waals surface area contributed by atoms with Crippen molar-refractivity contribution < 1.29 is 4.79 Å². The van der Waals surface area contributed by atoms with Crippen LogP contribution in [0.25, 0.3) is 0 Å². The van der Waals surface area contributed by atoms with Gasteiger partial charge in [0.15, 0.2) is 0 Å². The molecule has 1 aromatic rings. The second kappa shape index (κ2) is 4.74. The van der Waals surface area contributed by atoms with Crippen LogP contribution in [0, 0.1) is 5.92 Å². The van der Waals surface area contributed by atoms with Crippen LogP contribution in [-0.2, 0) is 11.2 Å². The number of pyridine rings is 1. The van der Waals surface area contributed by atoms with E-state index in [1.807, 2.05) is 26.1 Å². The third kappa shape index (κ3) is 2.83. The van der Waals surface area contributed by atoms with Crippen molar-refractivity contribution in [3.8, 4) is 0 Å². The Hall–Kier alpha value is -1.38. The zero-order chi connectivity index (χ0) is 10.6. The van der Waals surface area contributed by atoms with Crippen LogP contribution in [0.2, 0.25) is 0 Å². The second-order valence-electron chi connectivity index (χ2n) is 3.58. The summed E-state index contributed by atoms with van der Waals surface area (Å²) < 4.78 is 0. The van der Waals surface area contributed by atoms with Crippen molar-refractivity contribution in [2.75, 3.05) is 5.32 Å². The summed E-state index contributed by atoms with van der Waals surface area (Å²) in [6.07, 6.45) is 4.41. The third-order valence-electron chi connectivity index (χ3n) is 2.00. The fourth-order valence-corrected chi connectivity index (χ4v) is 1.04. The molecule has 0 aliphatic heterocycles. The molecule has 1 rings (SSSR count). The van der Waals surface area contributed by atoms with E-state index in [0.29, 0.717) is 0 Å². The zero-order valence-electron chi connectivity index (χ0n) is 8.87. The zero-order valence-corrected chi connectivity index (χ0v) is 8.87. The summed E-state index contributed by atoms with van der Waals surface area (Å²) in [6, 6.07) is 1.95. The molecule has 0 saturated carbocycles. The average Bonchev–Trinajstić information content (AvgIpc) is 2.18. The molecule has 76 valence electrons. The lowest BCUT2D eigenvalue weighted by atomic mass is 10.2. The Kier molecular flexibility index (Phi) is 3.63. The van der Waals surface area contributed by atoms with Crippen LogP contribution in [-0.4, -0.2) is 10.9 Å².